The van der Waals surface area contributed by atoms with Gasteiger partial charge in [0.2, 0.25) is 0 Å². The molecule has 4 rings (SSSR count). The van der Waals surface area contributed by atoms with Gasteiger partial charge in [-0.05, 0) is 29.8 Å². The number of hydrogen-bond acceptors (Lipinski definition) is 3. The minimum absolute atomic E-state index is 0.297. The Kier molecular flexibility index (Phi) is 3.10. The molecule has 0 aliphatic heterocycles. The van der Waals surface area contributed by atoms with Crippen molar-refractivity contribution in [1.82, 2.24) is 24.7 Å². The number of nitrogens with zero attached hydrogens (tertiary/aromatic N) is 5. The van der Waals surface area contributed by atoms with Gasteiger partial charge < -0.3 is 9.83 Å². The van der Waals surface area contributed by atoms with Crippen molar-refractivity contribution in [3.05, 3.63) is 60.0 Å². The van der Waals surface area contributed by atoms with Gasteiger partial charge in [-0.15, -0.1) is 10.1 Å². The molecule has 0 bridgehead atoms. The molecular weight excluding hydrogens is 307 g/mol. The fourth-order valence-corrected chi connectivity index (χ4v) is 2.64. The lowest BCUT2D eigenvalue weighted by atomic mass is 10.0. The first-order valence-corrected chi connectivity index (χ1v) is 7.18. The Hall–Kier alpha value is -3.53. The standard InChI is InChI=1S/C17H11FN6/c1-19-13-8-7-12-15(22-13)14(10-3-5-11(18)6-4-10)16(21-12)17-20-9-24(2)23-17/h3-9,21H,2H3. The monoisotopic (exact) mass is 318 g/mol. The molecule has 0 spiro atoms. The van der Waals surface area contributed by atoms with Gasteiger partial charge in [0, 0.05) is 7.05 Å². The van der Waals surface area contributed by atoms with Gasteiger partial charge in [-0.1, -0.05) is 18.7 Å². The fraction of sp³-hybridized carbons (Fsp3) is 0.0588. The van der Waals surface area contributed by atoms with E-state index in [1.54, 1.807) is 42.3 Å². The van der Waals surface area contributed by atoms with Crippen LogP contribution in [0.4, 0.5) is 10.2 Å². The minimum atomic E-state index is -0.314. The molecule has 0 aliphatic rings. The molecule has 0 aliphatic carbocycles. The quantitative estimate of drug-likeness (QED) is 0.573. The zero-order chi connectivity index (χ0) is 16.7. The Morgan fingerprint density at radius 1 is 1.17 bits per heavy atom. The van der Waals surface area contributed by atoms with E-state index in [2.05, 4.69) is 24.9 Å². The summed E-state index contributed by atoms with van der Waals surface area (Å²) in [7, 11) is 1.78. The SMILES string of the molecule is [C-]#[N+]c1ccc2[nH]c(-c3ncn(C)n3)c(-c3ccc(F)cc3)c2n1. The molecule has 0 radical (unpaired) electrons. The first kappa shape index (κ1) is 14.1. The van der Waals surface area contributed by atoms with Crippen molar-refractivity contribution >= 4 is 16.9 Å². The normalized spacial score (nSPS) is 10.9. The van der Waals surface area contributed by atoms with Gasteiger partial charge in [-0.3, -0.25) is 4.68 Å². The Morgan fingerprint density at radius 2 is 1.96 bits per heavy atom. The lowest BCUT2D eigenvalue weighted by Gasteiger charge is -2.01. The maximum absolute atomic E-state index is 13.3. The van der Waals surface area contributed by atoms with E-state index >= 15 is 0 Å². The third-order valence-corrected chi connectivity index (χ3v) is 3.70. The van der Waals surface area contributed by atoms with Crippen LogP contribution in [0.25, 0.3) is 38.5 Å². The average Bonchev–Trinajstić information content (AvgIpc) is 3.18. The van der Waals surface area contributed by atoms with Crippen LogP contribution in [0.1, 0.15) is 0 Å². The smallest absolute Gasteiger partial charge is 0.270 e. The van der Waals surface area contributed by atoms with Crippen molar-refractivity contribution in [3.8, 4) is 22.6 Å². The maximum atomic E-state index is 13.3. The highest BCUT2D eigenvalue weighted by molar-refractivity contribution is 6.01. The van der Waals surface area contributed by atoms with Crippen molar-refractivity contribution in [2.45, 2.75) is 0 Å². The molecule has 0 saturated heterocycles. The van der Waals surface area contributed by atoms with Gasteiger partial charge in [-0.25, -0.2) is 9.37 Å². The number of benzene rings is 1. The molecule has 1 N–H and O–H groups in total. The first-order chi connectivity index (χ1) is 11.7. The van der Waals surface area contributed by atoms with Crippen molar-refractivity contribution in [3.63, 3.8) is 0 Å². The highest BCUT2D eigenvalue weighted by Crippen LogP contribution is 2.36. The summed E-state index contributed by atoms with van der Waals surface area (Å²) in [6.07, 6.45) is 1.60. The van der Waals surface area contributed by atoms with E-state index in [0.29, 0.717) is 22.9 Å². The molecule has 7 heteroatoms. The van der Waals surface area contributed by atoms with Crippen LogP contribution in [0.15, 0.2) is 42.7 Å². The predicted molar refractivity (Wildman–Crippen MR) is 87.7 cm³/mol. The summed E-state index contributed by atoms with van der Waals surface area (Å²) in [5, 5.41) is 4.33. The first-order valence-electron chi connectivity index (χ1n) is 7.18. The number of rotatable bonds is 2. The molecule has 3 aromatic heterocycles. The van der Waals surface area contributed by atoms with Crippen LogP contribution in [0.2, 0.25) is 0 Å². The third-order valence-electron chi connectivity index (χ3n) is 3.70. The molecule has 116 valence electrons. The summed E-state index contributed by atoms with van der Waals surface area (Å²) in [4.78, 5) is 15.3. The van der Waals surface area contributed by atoms with E-state index in [-0.39, 0.29) is 5.82 Å². The van der Waals surface area contributed by atoms with Crippen LogP contribution < -0.4 is 0 Å². The molecule has 1 aromatic carbocycles. The summed E-state index contributed by atoms with van der Waals surface area (Å²) < 4.78 is 14.9. The Bertz CT molecular complexity index is 1080. The van der Waals surface area contributed by atoms with Gasteiger partial charge in [0.25, 0.3) is 5.82 Å². The number of hydrogen-bond donors (Lipinski definition) is 1. The van der Waals surface area contributed by atoms with Gasteiger partial charge in [0.05, 0.1) is 16.8 Å². The van der Waals surface area contributed by atoms with Crippen LogP contribution in [0.3, 0.4) is 0 Å². The van der Waals surface area contributed by atoms with Crippen LogP contribution in [-0.2, 0) is 7.05 Å². The number of fused-ring (bicyclic) bond motifs is 1. The van der Waals surface area contributed by atoms with E-state index in [9.17, 15) is 4.39 Å². The second-order valence-corrected chi connectivity index (χ2v) is 5.30. The summed E-state index contributed by atoms with van der Waals surface area (Å²) in [6.45, 7) is 7.17. The second kappa shape index (κ2) is 5.28. The lowest BCUT2D eigenvalue weighted by molar-refractivity contribution is 0.628. The lowest BCUT2D eigenvalue weighted by Crippen LogP contribution is -1.90. The Morgan fingerprint density at radius 3 is 2.62 bits per heavy atom. The van der Waals surface area contributed by atoms with E-state index < -0.39 is 0 Å². The predicted octanol–water partition coefficient (Wildman–Crippen LogP) is 3.72. The minimum Gasteiger partial charge on any atom is -0.361 e. The van der Waals surface area contributed by atoms with Gasteiger partial charge >= 0.3 is 0 Å². The number of nitrogens with one attached hydrogen (secondary N) is 1. The van der Waals surface area contributed by atoms with Gasteiger partial charge in [-0.2, -0.15) is 0 Å². The summed E-state index contributed by atoms with van der Waals surface area (Å²) >= 11 is 0. The Balaban J connectivity index is 2.06. The number of H-pyrrole nitrogens is 1. The number of pyridine rings is 1. The summed E-state index contributed by atoms with van der Waals surface area (Å²) in [6, 6.07) is 9.59. The molecule has 0 unspecified atom stereocenters. The van der Waals surface area contributed by atoms with Crippen LogP contribution in [0, 0.1) is 12.4 Å². The highest BCUT2D eigenvalue weighted by Gasteiger charge is 2.21. The summed E-state index contributed by atoms with van der Waals surface area (Å²) in [5.41, 5.74) is 3.62. The van der Waals surface area contributed by atoms with E-state index in [0.717, 1.165) is 16.6 Å². The molecule has 3 heterocycles. The zero-order valence-electron chi connectivity index (χ0n) is 12.7. The molecule has 0 fully saturated rings. The van der Waals surface area contributed by atoms with Gasteiger partial charge in [0.15, 0.2) is 11.3 Å². The molecular formula is C17H11FN6. The average molecular weight is 318 g/mol. The number of aryl methyl sites for hydroxylation is 1. The maximum Gasteiger partial charge on any atom is 0.270 e. The highest BCUT2D eigenvalue weighted by atomic mass is 19.1. The van der Waals surface area contributed by atoms with Crippen molar-refractivity contribution in [2.24, 2.45) is 7.05 Å². The third kappa shape index (κ3) is 2.21. The molecule has 24 heavy (non-hydrogen) atoms. The Labute approximate surface area is 136 Å². The van der Waals surface area contributed by atoms with Crippen molar-refractivity contribution in [1.29, 1.82) is 0 Å². The van der Waals surface area contributed by atoms with Crippen LogP contribution >= 0.6 is 0 Å². The van der Waals surface area contributed by atoms with E-state index in [1.165, 1.54) is 12.1 Å². The number of aromatic amines is 1. The fourth-order valence-electron chi connectivity index (χ4n) is 2.64. The summed E-state index contributed by atoms with van der Waals surface area (Å²) in [5.74, 6) is 0.496. The van der Waals surface area contributed by atoms with Crippen molar-refractivity contribution < 1.29 is 4.39 Å². The topological polar surface area (TPSA) is 63.8 Å². The molecule has 0 atom stereocenters. The second-order valence-electron chi connectivity index (χ2n) is 5.30. The van der Waals surface area contributed by atoms with Crippen LogP contribution in [0.5, 0.6) is 0 Å². The largest absolute Gasteiger partial charge is 0.361 e. The number of aromatic nitrogens is 5. The molecule has 0 amide bonds. The zero-order valence-corrected chi connectivity index (χ0v) is 12.7. The molecule has 4 aromatic rings. The van der Waals surface area contributed by atoms with Gasteiger partial charge in [0.1, 0.15) is 12.1 Å². The van der Waals surface area contributed by atoms with E-state index in [1.807, 2.05) is 0 Å². The number of halogens is 1. The molecule has 0 saturated carbocycles. The van der Waals surface area contributed by atoms with Crippen molar-refractivity contribution in [2.75, 3.05) is 0 Å². The molecule has 6 nitrogen and oxygen atoms in total. The van der Waals surface area contributed by atoms with E-state index in [4.69, 9.17) is 6.57 Å². The van der Waals surface area contributed by atoms with Crippen LogP contribution in [-0.4, -0.2) is 24.7 Å².